The molecule has 1 aromatic heterocycles. The average Bonchev–Trinajstić information content (AvgIpc) is 3.70. The molecule has 1 heterocycles. The number of hydrogen-bond acceptors (Lipinski definition) is 1. The van der Waals surface area contributed by atoms with E-state index in [1.54, 1.807) is 0 Å². The summed E-state index contributed by atoms with van der Waals surface area (Å²) in [4.78, 5) is 5.27. The van der Waals surface area contributed by atoms with E-state index in [1.165, 1.54) is 104 Å². The van der Waals surface area contributed by atoms with E-state index in [2.05, 4.69) is 219 Å². The van der Waals surface area contributed by atoms with E-state index in [9.17, 15) is 0 Å². The van der Waals surface area contributed by atoms with Crippen molar-refractivity contribution in [2.75, 3.05) is 0 Å². The largest absolute Gasteiger partial charge is 0.328 e. The SMILES string of the molecule is CCn1c(C(C)C)nc2cc(-c3cccc(-c4c5ccc(-c6ccccc6)cc5c(-c5ccc6ccccc6c5)c5ccc(-c6ccccc6)cc45)c3)c3ccccc3c21. The predicted molar refractivity (Wildman–Crippen MR) is 257 cm³/mol. The van der Waals surface area contributed by atoms with Gasteiger partial charge >= 0.3 is 0 Å². The molecular weight excluding hydrogens is 725 g/mol. The number of aryl methyl sites for hydroxylation is 1. The Morgan fingerprint density at radius 2 is 0.933 bits per heavy atom. The lowest BCUT2D eigenvalue weighted by Crippen LogP contribution is -2.03. The van der Waals surface area contributed by atoms with Crippen LogP contribution in [0.1, 0.15) is 32.5 Å². The Kier molecular flexibility index (Phi) is 8.67. The Morgan fingerprint density at radius 1 is 0.400 bits per heavy atom. The molecule has 11 aromatic rings. The first kappa shape index (κ1) is 35.8. The number of hydrogen-bond donors (Lipinski definition) is 0. The van der Waals surface area contributed by atoms with Crippen LogP contribution in [0.3, 0.4) is 0 Å². The van der Waals surface area contributed by atoms with E-state index in [-0.39, 0.29) is 0 Å². The van der Waals surface area contributed by atoms with Crippen molar-refractivity contribution < 1.29 is 0 Å². The van der Waals surface area contributed by atoms with Crippen LogP contribution in [0.2, 0.25) is 0 Å². The lowest BCUT2D eigenvalue weighted by Gasteiger charge is -2.20. The van der Waals surface area contributed by atoms with Gasteiger partial charge < -0.3 is 4.57 Å². The number of nitrogens with zero attached hydrogens (tertiary/aromatic N) is 2. The molecule has 0 spiro atoms. The molecule has 0 amide bonds. The fraction of sp³-hybridized carbons (Fsp3) is 0.0862. The van der Waals surface area contributed by atoms with Crippen molar-refractivity contribution in [1.29, 1.82) is 0 Å². The molecule has 2 nitrogen and oxygen atoms in total. The Labute approximate surface area is 351 Å². The average molecular weight is 769 g/mol. The summed E-state index contributed by atoms with van der Waals surface area (Å²) in [7, 11) is 0. The maximum absolute atomic E-state index is 5.27. The predicted octanol–water partition coefficient (Wildman–Crippen LogP) is 16.1. The second kappa shape index (κ2) is 14.5. The van der Waals surface area contributed by atoms with E-state index in [0.29, 0.717) is 5.92 Å². The molecule has 60 heavy (non-hydrogen) atoms. The molecule has 0 bridgehead atoms. The van der Waals surface area contributed by atoms with E-state index in [0.717, 1.165) is 17.9 Å². The second-order valence-corrected chi connectivity index (χ2v) is 16.4. The van der Waals surface area contributed by atoms with E-state index in [4.69, 9.17) is 4.98 Å². The number of rotatable bonds is 7. The maximum atomic E-state index is 5.27. The van der Waals surface area contributed by atoms with Crippen LogP contribution in [-0.2, 0) is 6.54 Å². The summed E-state index contributed by atoms with van der Waals surface area (Å²) in [6.07, 6.45) is 0. The second-order valence-electron chi connectivity index (χ2n) is 16.4. The van der Waals surface area contributed by atoms with Crippen LogP contribution in [-0.4, -0.2) is 9.55 Å². The molecule has 0 aliphatic carbocycles. The van der Waals surface area contributed by atoms with Gasteiger partial charge in [-0.25, -0.2) is 4.98 Å². The van der Waals surface area contributed by atoms with Crippen LogP contribution < -0.4 is 0 Å². The van der Waals surface area contributed by atoms with Crippen molar-refractivity contribution in [2.24, 2.45) is 0 Å². The molecule has 0 saturated heterocycles. The zero-order valence-corrected chi connectivity index (χ0v) is 34.2. The Hall–Kier alpha value is -7.29. The smallest absolute Gasteiger partial charge is 0.112 e. The standard InChI is InChI=1S/C58H44N2/c1-4-60-57-50-25-14-13-24-47(50)51(36-54(57)59-58(60)37(2)3)44-22-15-23-45(33-44)55-48-30-28-43(39-18-9-6-10-19-39)35-53(48)56(46-27-26-40-20-11-12-21-41(40)32-46)49-31-29-42(34-52(49)55)38-16-7-5-8-17-38/h5-37H,4H2,1-3H3. The van der Waals surface area contributed by atoms with Crippen LogP contribution >= 0.6 is 0 Å². The number of aromatic nitrogens is 2. The van der Waals surface area contributed by atoms with Crippen molar-refractivity contribution in [3.05, 3.63) is 200 Å². The van der Waals surface area contributed by atoms with Gasteiger partial charge in [0.25, 0.3) is 0 Å². The number of benzene rings is 10. The van der Waals surface area contributed by atoms with Crippen LogP contribution in [0.15, 0.2) is 194 Å². The molecule has 286 valence electrons. The van der Waals surface area contributed by atoms with Gasteiger partial charge in [-0.2, -0.15) is 0 Å². The monoisotopic (exact) mass is 768 g/mol. The third kappa shape index (κ3) is 5.90. The Balaban J connectivity index is 1.23. The minimum absolute atomic E-state index is 0.324. The summed E-state index contributed by atoms with van der Waals surface area (Å²) < 4.78 is 2.41. The quantitative estimate of drug-likeness (QED) is 0.148. The lowest BCUT2D eigenvalue weighted by molar-refractivity contribution is 0.668. The number of fused-ring (bicyclic) bond motifs is 6. The van der Waals surface area contributed by atoms with Gasteiger partial charge in [0, 0.05) is 17.8 Å². The highest BCUT2D eigenvalue weighted by atomic mass is 15.1. The van der Waals surface area contributed by atoms with Gasteiger partial charge in [0.15, 0.2) is 0 Å². The highest BCUT2D eigenvalue weighted by Gasteiger charge is 2.21. The van der Waals surface area contributed by atoms with Crippen molar-refractivity contribution in [3.8, 4) is 55.6 Å². The van der Waals surface area contributed by atoms with E-state index in [1.807, 2.05) is 0 Å². The minimum atomic E-state index is 0.324. The normalized spacial score (nSPS) is 11.8. The minimum Gasteiger partial charge on any atom is -0.328 e. The van der Waals surface area contributed by atoms with Crippen LogP contribution in [0, 0.1) is 0 Å². The molecule has 0 aliphatic rings. The van der Waals surface area contributed by atoms with Crippen molar-refractivity contribution >= 4 is 54.1 Å². The lowest BCUT2D eigenvalue weighted by atomic mass is 9.83. The zero-order chi connectivity index (χ0) is 40.3. The van der Waals surface area contributed by atoms with Gasteiger partial charge in [0.2, 0.25) is 0 Å². The molecule has 0 aliphatic heterocycles. The first-order valence-electron chi connectivity index (χ1n) is 21.2. The number of imidazole rings is 1. The Morgan fingerprint density at radius 3 is 1.57 bits per heavy atom. The molecule has 10 aromatic carbocycles. The fourth-order valence-corrected chi connectivity index (χ4v) is 9.67. The summed E-state index contributed by atoms with van der Waals surface area (Å²) in [5.41, 5.74) is 14.4. The molecule has 0 N–H and O–H groups in total. The van der Waals surface area contributed by atoms with Crippen molar-refractivity contribution in [2.45, 2.75) is 33.2 Å². The zero-order valence-electron chi connectivity index (χ0n) is 34.2. The van der Waals surface area contributed by atoms with Gasteiger partial charge in [-0.1, -0.05) is 178 Å². The van der Waals surface area contributed by atoms with Gasteiger partial charge in [0.1, 0.15) is 5.82 Å². The molecule has 0 saturated carbocycles. The molecule has 0 fully saturated rings. The molecule has 0 radical (unpaired) electrons. The summed E-state index contributed by atoms with van der Waals surface area (Å²) in [6, 6.07) is 71.8. The molecule has 2 heteroatoms. The van der Waals surface area contributed by atoms with E-state index >= 15 is 0 Å². The fourth-order valence-electron chi connectivity index (χ4n) is 9.67. The highest BCUT2D eigenvalue weighted by Crippen LogP contribution is 2.47. The van der Waals surface area contributed by atoms with Crippen molar-refractivity contribution in [1.82, 2.24) is 9.55 Å². The third-order valence-corrected chi connectivity index (χ3v) is 12.4. The van der Waals surface area contributed by atoms with E-state index < -0.39 is 0 Å². The van der Waals surface area contributed by atoms with Gasteiger partial charge in [-0.15, -0.1) is 0 Å². The molecule has 11 rings (SSSR count). The molecule has 0 atom stereocenters. The molecule has 0 unspecified atom stereocenters. The highest BCUT2D eigenvalue weighted by molar-refractivity contribution is 6.23. The maximum Gasteiger partial charge on any atom is 0.112 e. The van der Waals surface area contributed by atoms with Crippen LogP contribution in [0.5, 0.6) is 0 Å². The summed E-state index contributed by atoms with van der Waals surface area (Å²) in [5, 5.41) is 9.91. The van der Waals surface area contributed by atoms with Crippen molar-refractivity contribution in [3.63, 3.8) is 0 Å². The third-order valence-electron chi connectivity index (χ3n) is 12.4. The molecular formula is C58H44N2. The topological polar surface area (TPSA) is 17.8 Å². The summed E-state index contributed by atoms with van der Waals surface area (Å²) in [6.45, 7) is 7.60. The van der Waals surface area contributed by atoms with Crippen LogP contribution in [0.4, 0.5) is 0 Å². The Bertz CT molecular complexity index is 3430. The van der Waals surface area contributed by atoms with Gasteiger partial charge in [-0.3, -0.25) is 0 Å². The first-order valence-corrected chi connectivity index (χ1v) is 21.2. The first-order chi connectivity index (χ1) is 29.5. The summed E-state index contributed by atoms with van der Waals surface area (Å²) in [5.74, 6) is 1.46. The van der Waals surface area contributed by atoms with Gasteiger partial charge in [0.05, 0.1) is 11.0 Å². The summed E-state index contributed by atoms with van der Waals surface area (Å²) >= 11 is 0. The van der Waals surface area contributed by atoms with Crippen LogP contribution in [0.25, 0.3) is 110 Å². The van der Waals surface area contributed by atoms with Gasteiger partial charge in [-0.05, 0) is 131 Å².